The van der Waals surface area contributed by atoms with Crippen LogP contribution in [-0.4, -0.2) is 11.8 Å². The Morgan fingerprint density at radius 3 is 2.82 bits per heavy atom. The van der Waals surface area contributed by atoms with Gasteiger partial charge in [-0.25, -0.2) is 8.78 Å². The summed E-state index contributed by atoms with van der Waals surface area (Å²) in [6.07, 6.45) is 4.46. The smallest absolute Gasteiger partial charge is 0.136 e. The third kappa shape index (κ3) is 3.42. The first-order valence-corrected chi connectivity index (χ1v) is 6.99. The summed E-state index contributed by atoms with van der Waals surface area (Å²) < 4.78 is 26.3. The first kappa shape index (κ1) is 12.8. The molecule has 1 aliphatic rings. The van der Waals surface area contributed by atoms with E-state index in [0.29, 0.717) is 16.9 Å². The molecule has 2 N–H and O–H groups in total. The van der Waals surface area contributed by atoms with Crippen molar-refractivity contribution in [2.45, 2.75) is 36.6 Å². The van der Waals surface area contributed by atoms with E-state index in [1.54, 1.807) is 0 Å². The van der Waals surface area contributed by atoms with Gasteiger partial charge in [0.25, 0.3) is 0 Å². The van der Waals surface area contributed by atoms with Crippen LogP contribution in [0.4, 0.5) is 8.78 Å². The molecule has 4 heteroatoms. The van der Waals surface area contributed by atoms with Gasteiger partial charge in [0.1, 0.15) is 11.6 Å². The Bertz CT molecular complexity index is 384. The molecule has 0 heterocycles. The molecule has 1 fully saturated rings. The lowest BCUT2D eigenvalue weighted by Crippen LogP contribution is -2.24. The fraction of sp³-hybridized carbons (Fsp3) is 0.538. The summed E-state index contributed by atoms with van der Waals surface area (Å²) in [5.41, 5.74) is 5.97. The molecule has 94 valence electrons. The van der Waals surface area contributed by atoms with Gasteiger partial charge in [-0.15, -0.1) is 11.8 Å². The van der Waals surface area contributed by atoms with Crippen molar-refractivity contribution in [1.82, 2.24) is 0 Å². The average molecular weight is 257 g/mol. The Hall–Kier alpha value is -0.610. The van der Waals surface area contributed by atoms with E-state index in [1.165, 1.54) is 36.7 Å². The van der Waals surface area contributed by atoms with Crippen molar-refractivity contribution >= 4 is 11.8 Å². The van der Waals surface area contributed by atoms with Gasteiger partial charge >= 0.3 is 0 Å². The lowest BCUT2D eigenvalue weighted by atomic mass is 10.0. The van der Waals surface area contributed by atoms with E-state index < -0.39 is 0 Å². The Morgan fingerprint density at radius 1 is 1.29 bits per heavy atom. The van der Waals surface area contributed by atoms with Gasteiger partial charge in [0.15, 0.2) is 0 Å². The van der Waals surface area contributed by atoms with Crippen molar-refractivity contribution in [1.29, 1.82) is 0 Å². The summed E-state index contributed by atoms with van der Waals surface area (Å²) in [5, 5.41) is 0. The van der Waals surface area contributed by atoms with Crippen LogP contribution in [-0.2, 0) is 0 Å². The van der Waals surface area contributed by atoms with Crippen LogP contribution in [0.15, 0.2) is 23.1 Å². The van der Waals surface area contributed by atoms with Crippen molar-refractivity contribution in [3.63, 3.8) is 0 Å². The zero-order chi connectivity index (χ0) is 12.3. The molecule has 0 amide bonds. The molecule has 0 radical (unpaired) electrons. The molecule has 0 aromatic heterocycles. The van der Waals surface area contributed by atoms with Crippen LogP contribution in [0.25, 0.3) is 0 Å². The minimum atomic E-state index is -0.383. The van der Waals surface area contributed by atoms with Crippen LogP contribution in [0, 0.1) is 17.6 Å². The SMILES string of the molecule is NC1CCCC1CCSc1cc(F)ccc1F. The van der Waals surface area contributed by atoms with Gasteiger partial charge in [-0.05, 0) is 49.1 Å². The van der Waals surface area contributed by atoms with Gasteiger partial charge in [-0.1, -0.05) is 6.42 Å². The first-order chi connectivity index (χ1) is 8.16. The van der Waals surface area contributed by atoms with Gasteiger partial charge < -0.3 is 5.73 Å². The maximum absolute atomic E-state index is 13.3. The zero-order valence-corrected chi connectivity index (χ0v) is 10.5. The molecular weight excluding hydrogens is 240 g/mol. The number of nitrogens with two attached hydrogens (primary N) is 1. The number of hydrogen-bond donors (Lipinski definition) is 1. The summed E-state index contributed by atoms with van der Waals surface area (Å²) in [4.78, 5) is 0.400. The third-order valence-electron chi connectivity index (χ3n) is 3.36. The second-order valence-electron chi connectivity index (χ2n) is 4.57. The molecule has 2 atom stereocenters. The topological polar surface area (TPSA) is 26.0 Å². The molecule has 0 aliphatic heterocycles. The van der Waals surface area contributed by atoms with Gasteiger partial charge in [0.2, 0.25) is 0 Å². The van der Waals surface area contributed by atoms with Gasteiger partial charge in [-0.2, -0.15) is 0 Å². The lowest BCUT2D eigenvalue weighted by Gasteiger charge is -2.14. The normalized spacial score (nSPS) is 24.2. The molecular formula is C13H17F2NS. The average Bonchev–Trinajstić information content (AvgIpc) is 2.70. The quantitative estimate of drug-likeness (QED) is 0.834. The van der Waals surface area contributed by atoms with Gasteiger partial charge in [0, 0.05) is 10.9 Å². The van der Waals surface area contributed by atoms with Crippen LogP contribution < -0.4 is 5.73 Å². The number of benzene rings is 1. The molecule has 2 unspecified atom stereocenters. The highest BCUT2D eigenvalue weighted by Gasteiger charge is 2.23. The number of rotatable bonds is 4. The van der Waals surface area contributed by atoms with E-state index in [0.717, 1.165) is 24.7 Å². The molecule has 0 saturated heterocycles. The molecule has 2 rings (SSSR count). The minimum absolute atomic E-state index is 0.299. The predicted molar refractivity (Wildman–Crippen MR) is 67.0 cm³/mol. The summed E-state index contributed by atoms with van der Waals surface area (Å²) in [5.74, 6) is 0.636. The second kappa shape index (κ2) is 5.83. The molecule has 1 aromatic rings. The van der Waals surface area contributed by atoms with Gasteiger partial charge in [0.05, 0.1) is 0 Å². The number of hydrogen-bond acceptors (Lipinski definition) is 2. The second-order valence-corrected chi connectivity index (χ2v) is 5.70. The van der Waals surface area contributed by atoms with E-state index in [2.05, 4.69) is 0 Å². The maximum atomic E-state index is 13.3. The number of halogens is 2. The molecule has 1 aromatic carbocycles. The standard InChI is InChI=1S/C13H17F2NS/c14-10-4-5-11(15)13(8-10)17-7-6-9-2-1-3-12(9)16/h4-5,8-9,12H,1-3,6-7,16H2. The van der Waals surface area contributed by atoms with Crippen molar-refractivity contribution in [3.05, 3.63) is 29.8 Å². The van der Waals surface area contributed by atoms with E-state index in [4.69, 9.17) is 5.73 Å². The maximum Gasteiger partial charge on any atom is 0.136 e. The van der Waals surface area contributed by atoms with E-state index >= 15 is 0 Å². The van der Waals surface area contributed by atoms with Crippen LogP contribution in [0.2, 0.25) is 0 Å². The Kier molecular flexibility index (Phi) is 4.40. The van der Waals surface area contributed by atoms with Crippen LogP contribution >= 0.6 is 11.8 Å². The van der Waals surface area contributed by atoms with Crippen molar-refractivity contribution in [2.75, 3.05) is 5.75 Å². The first-order valence-electron chi connectivity index (χ1n) is 6.00. The van der Waals surface area contributed by atoms with Crippen LogP contribution in [0.5, 0.6) is 0 Å². The third-order valence-corrected chi connectivity index (χ3v) is 4.42. The van der Waals surface area contributed by atoms with Crippen LogP contribution in [0.1, 0.15) is 25.7 Å². The summed E-state index contributed by atoms with van der Waals surface area (Å²) in [7, 11) is 0. The minimum Gasteiger partial charge on any atom is -0.327 e. The highest BCUT2D eigenvalue weighted by atomic mass is 32.2. The Balaban J connectivity index is 1.83. The van der Waals surface area contributed by atoms with Gasteiger partial charge in [-0.3, -0.25) is 0 Å². The largest absolute Gasteiger partial charge is 0.327 e. The lowest BCUT2D eigenvalue weighted by molar-refractivity contribution is 0.470. The number of thioether (sulfide) groups is 1. The van der Waals surface area contributed by atoms with E-state index in [9.17, 15) is 8.78 Å². The van der Waals surface area contributed by atoms with E-state index in [1.807, 2.05) is 0 Å². The summed E-state index contributed by atoms with van der Waals surface area (Å²) >= 11 is 1.38. The monoisotopic (exact) mass is 257 g/mol. The zero-order valence-electron chi connectivity index (χ0n) is 9.66. The highest BCUT2D eigenvalue weighted by molar-refractivity contribution is 7.99. The molecule has 17 heavy (non-hydrogen) atoms. The Morgan fingerprint density at radius 2 is 2.12 bits per heavy atom. The summed E-state index contributed by atoms with van der Waals surface area (Å²) in [6, 6.07) is 3.88. The van der Waals surface area contributed by atoms with E-state index in [-0.39, 0.29) is 11.6 Å². The molecule has 0 bridgehead atoms. The fourth-order valence-corrected chi connectivity index (χ4v) is 3.37. The fourth-order valence-electron chi connectivity index (χ4n) is 2.33. The summed E-state index contributed by atoms with van der Waals surface area (Å²) in [6.45, 7) is 0. The molecule has 1 saturated carbocycles. The van der Waals surface area contributed by atoms with Crippen LogP contribution in [0.3, 0.4) is 0 Å². The predicted octanol–water partition coefficient (Wildman–Crippen LogP) is 3.57. The molecule has 0 spiro atoms. The van der Waals surface area contributed by atoms with Crippen molar-refractivity contribution < 1.29 is 8.78 Å². The Labute approximate surface area is 105 Å². The molecule has 1 aliphatic carbocycles. The van der Waals surface area contributed by atoms with Crippen molar-refractivity contribution in [3.8, 4) is 0 Å². The highest BCUT2D eigenvalue weighted by Crippen LogP contribution is 2.30. The van der Waals surface area contributed by atoms with Crippen molar-refractivity contribution in [2.24, 2.45) is 11.7 Å². The molecule has 1 nitrogen and oxygen atoms in total.